The standard InChI is InChI=1S/C59H38N8/c1-6-18-39(19-7-1)58-60-49-37-42(31-34-53(49)66(58)45-24-12-4-13-25-45)56-62-55(41-30-33-52-48(36-41)47-28-16-17-29-51(47)65(52)44-22-10-3-11-23-44)63-57(64-56)43-32-35-54-50(38-43)61-59(40-20-8-2-9-21-40)67(54)46-26-14-5-15-27-46/h1-38H. The van der Waals surface area contributed by atoms with Crippen LogP contribution >= 0.6 is 0 Å². The summed E-state index contributed by atoms with van der Waals surface area (Å²) in [5, 5.41) is 2.27. The molecule has 0 bridgehead atoms. The number of hydrogen-bond donors (Lipinski definition) is 0. The third-order valence-corrected chi connectivity index (χ3v) is 12.5. The molecule has 0 spiro atoms. The molecule has 13 rings (SSSR count). The lowest BCUT2D eigenvalue weighted by Crippen LogP contribution is -2.01. The second kappa shape index (κ2) is 15.8. The van der Waals surface area contributed by atoms with Gasteiger partial charge in [0.05, 0.1) is 33.1 Å². The highest BCUT2D eigenvalue weighted by Crippen LogP contribution is 2.37. The van der Waals surface area contributed by atoms with Crippen LogP contribution < -0.4 is 0 Å². The van der Waals surface area contributed by atoms with Gasteiger partial charge in [-0.05, 0) is 97.1 Å². The zero-order chi connectivity index (χ0) is 44.3. The van der Waals surface area contributed by atoms with Crippen molar-refractivity contribution in [2.24, 2.45) is 0 Å². The highest BCUT2D eigenvalue weighted by atomic mass is 15.1. The Kier molecular flexibility index (Phi) is 8.99. The summed E-state index contributed by atoms with van der Waals surface area (Å²) >= 11 is 0. The number of fused-ring (bicyclic) bond motifs is 5. The largest absolute Gasteiger partial charge is 0.309 e. The molecule has 4 aromatic heterocycles. The van der Waals surface area contributed by atoms with Crippen molar-refractivity contribution < 1.29 is 0 Å². The molecule has 0 fully saturated rings. The van der Waals surface area contributed by atoms with Crippen molar-refractivity contribution >= 4 is 43.9 Å². The molecule has 0 amide bonds. The summed E-state index contributed by atoms with van der Waals surface area (Å²) in [4.78, 5) is 26.4. The average molecular weight is 859 g/mol. The van der Waals surface area contributed by atoms with E-state index < -0.39 is 0 Å². The molecule has 4 heterocycles. The quantitative estimate of drug-likeness (QED) is 0.152. The number of nitrogens with zero attached hydrogens (tertiary/aromatic N) is 8. The first kappa shape index (κ1) is 38.2. The maximum absolute atomic E-state index is 5.28. The van der Waals surface area contributed by atoms with Crippen LogP contribution in [0.15, 0.2) is 231 Å². The van der Waals surface area contributed by atoms with Crippen LogP contribution in [0.1, 0.15) is 0 Å². The lowest BCUT2D eigenvalue weighted by molar-refractivity contribution is 1.07. The molecule has 314 valence electrons. The van der Waals surface area contributed by atoms with Crippen molar-refractivity contribution in [2.75, 3.05) is 0 Å². The fourth-order valence-electron chi connectivity index (χ4n) is 9.41. The van der Waals surface area contributed by atoms with Crippen molar-refractivity contribution in [1.29, 1.82) is 0 Å². The number of benzene rings is 9. The topological polar surface area (TPSA) is 79.2 Å². The van der Waals surface area contributed by atoms with Gasteiger partial charge in [0.15, 0.2) is 17.5 Å². The predicted molar refractivity (Wildman–Crippen MR) is 271 cm³/mol. The lowest BCUT2D eigenvalue weighted by Gasteiger charge is -2.11. The minimum absolute atomic E-state index is 0.545. The molecule has 0 aliphatic rings. The zero-order valence-corrected chi connectivity index (χ0v) is 36.0. The van der Waals surface area contributed by atoms with Gasteiger partial charge in [-0.2, -0.15) is 0 Å². The number of aromatic nitrogens is 8. The van der Waals surface area contributed by atoms with Gasteiger partial charge in [0.25, 0.3) is 0 Å². The normalized spacial score (nSPS) is 11.6. The molecule has 0 atom stereocenters. The summed E-state index contributed by atoms with van der Waals surface area (Å²) in [6, 6.07) is 79.6. The smallest absolute Gasteiger partial charge is 0.164 e. The summed E-state index contributed by atoms with van der Waals surface area (Å²) in [5.74, 6) is 3.38. The Hall–Kier alpha value is -9.27. The van der Waals surface area contributed by atoms with Crippen LogP contribution in [-0.4, -0.2) is 38.6 Å². The Bertz CT molecular complexity index is 3770. The Morgan fingerprint density at radius 3 is 1.06 bits per heavy atom. The zero-order valence-electron chi connectivity index (χ0n) is 36.0. The fourth-order valence-corrected chi connectivity index (χ4v) is 9.41. The molecule has 0 radical (unpaired) electrons. The molecular formula is C59H38N8. The summed E-state index contributed by atoms with van der Waals surface area (Å²) in [5.41, 5.74) is 13.6. The molecule has 0 N–H and O–H groups in total. The minimum Gasteiger partial charge on any atom is -0.309 e. The van der Waals surface area contributed by atoms with Gasteiger partial charge in [0, 0.05) is 55.7 Å². The summed E-state index contributed by atoms with van der Waals surface area (Å²) in [6.07, 6.45) is 0. The van der Waals surface area contributed by atoms with Gasteiger partial charge in [0.2, 0.25) is 0 Å². The molecule has 67 heavy (non-hydrogen) atoms. The Morgan fingerprint density at radius 2 is 0.597 bits per heavy atom. The van der Waals surface area contributed by atoms with Crippen molar-refractivity contribution in [3.8, 4) is 74.0 Å². The van der Waals surface area contributed by atoms with Crippen LogP contribution in [0, 0.1) is 0 Å². The molecule has 0 unspecified atom stereocenters. The maximum Gasteiger partial charge on any atom is 0.164 e. The summed E-state index contributed by atoms with van der Waals surface area (Å²) in [6.45, 7) is 0. The summed E-state index contributed by atoms with van der Waals surface area (Å²) in [7, 11) is 0. The summed E-state index contributed by atoms with van der Waals surface area (Å²) < 4.78 is 6.75. The van der Waals surface area contributed by atoms with Crippen LogP contribution in [0.25, 0.3) is 118 Å². The average Bonchev–Trinajstić information content (AvgIpc) is 4.09. The third kappa shape index (κ3) is 6.58. The third-order valence-electron chi connectivity index (χ3n) is 12.5. The second-order valence-electron chi connectivity index (χ2n) is 16.6. The molecular weight excluding hydrogens is 821 g/mol. The van der Waals surface area contributed by atoms with E-state index in [4.69, 9.17) is 24.9 Å². The minimum atomic E-state index is 0.545. The molecule has 0 saturated heterocycles. The van der Waals surface area contributed by atoms with Gasteiger partial charge in [-0.15, -0.1) is 0 Å². The van der Waals surface area contributed by atoms with Gasteiger partial charge in [-0.3, -0.25) is 9.13 Å². The van der Waals surface area contributed by atoms with Gasteiger partial charge < -0.3 is 4.57 Å². The van der Waals surface area contributed by atoms with Gasteiger partial charge >= 0.3 is 0 Å². The van der Waals surface area contributed by atoms with Crippen molar-refractivity contribution in [2.45, 2.75) is 0 Å². The van der Waals surface area contributed by atoms with Crippen LogP contribution in [0.5, 0.6) is 0 Å². The first-order valence-electron chi connectivity index (χ1n) is 22.3. The molecule has 0 aliphatic carbocycles. The van der Waals surface area contributed by atoms with E-state index in [1.807, 2.05) is 48.5 Å². The molecule has 8 heteroatoms. The molecule has 0 saturated carbocycles. The molecule has 9 aromatic carbocycles. The van der Waals surface area contributed by atoms with E-state index in [0.717, 1.165) is 100 Å². The van der Waals surface area contributed by atoms with E-state index >= 15 is 0 Å². The van der Waals surface area contributed by atoms with Crippen LogP contribution in [0.4, 0.5) is 0 Å². The first-order valence-corrected chi connectivity index (χ1v) is 22.3. The van der Waals surface area contributed by atoms with Crippen LogP contribution in [0.3, 0.4) is 0 Å². The van der Waals surface area contributed by atoms with Crippen molar-refractivity contribution in [3.05, 3.63) is 231 Å². The Balaban J connectivity index is 1.02. The SMILES string of the molecule is c1ccc(-c2nc3cc(-c4nc(-c5ccc6c(c5)nc(-c5ccccc5)n6-c5ccccc5)nc(-c5ccc6c(c5)c5ccccc5n6-c5ccccc5)n4)ccc3n2-c2ccccc2)cc1. The number of hydrogen-bond acceptors (Lipinski definition) is 5. The van der Waals surface area contributed by atoms with Gasteiger partial charge in [-0.1, -0.05) is 133 Å². The monoisotopic (exact) mass is 858 g/mol. The van der Waals surface area contributed by atoms with Gasteiger partial charge in [0.1, 0.15) is 11.6 Å². The van der Waals surface area contributed by atoms with E-state index in [2.05, 4.69) is 196 Å². The fraction of sp³-hybridized carbons (Fsp3) is 0. The highest BCUT2D eigenvalue weighted by Gasteiger charge is 2.21. The molecule has 8 nitrogen and oxygen atoms in total. The van der Waals surface area contributed by atoms with E-state index in [1.165, 1.54) is 0 Å². The van der Waals surface area contributed by atoms with E-state index in [0.29, 0.717) is 17.5 Å². The highest BCUT2D eigenvalue weighted by molar-refractivity contribution is 6.10. The van der Waals surface area contributed by atoms with Crippen LogP contribution in [0.2, 0.25) is 0 Å². The van der Waals surface area contributed by atoms with Crippen molar-refractivity contribution in [1.82, 2.24) is 38.6 Å². The van der Waals surface area contributed by atoms with Gasteiger partial charge in [-0.25, -0.2) is 24.9 Å². The molecule has 13 aromatic rings. The predicted octanol–water partition coefficient (Wildman–Crippen LogP) is 14.0. The van der Waals surface area contributed by atoms with E-state index in [-0.39, 0.29) is 0 Å². The Morgan fingerprint density at radius 1 is 0.239 bits per heavy atom. The van der Waals surface area contributed by atoms with E-state index in [1.54, 1.807) is 0 Å². The maximum atomic E-state index is 5.28. The van der Waals surface area contributed by atoms with Crippen LogP contribution in [-0.2, 0) is 0 Å². The second-order valence-corrected chi connectivity index (χ2v) is 16.6. The first-order chi connectivity index (χ1) is 33.2. The number of rotatable bonds is 8. The van der Waals surface area contributed by atoms with Crippen molar-refractivity contribution in [3.63, 3.8) is 0 Å². The number of imidazole rings is 2. The number of para-hydroxylation sites is 4. The molecule has 0 aliphatic heterocycles. The van der Waals surface area contributed by atoms with E-state index in [9.17, 15) is 0 Å². The Labute approximate surface area is 385 Å². The lowest BCUT2D eigenvalue weighted by atomic mass is 10.1.